The maximum atomic E-state index is 12.5. The predicted molar refractivity (Wildman–Crippen MR) is 92.8 cm³/mol. The van der Waals surface area contributed by atoms with Gasteiger partial charge < -0.3 is 9.80 Å². The summed E-state index contributed by atoms with van der Waals surface area (Å²) in [6, 6.07) is 5.55. The summed E-state index contributed by atoms with van der Waals surface area (Å²) in [5.41, 5.74) is 0.557. The van der Waals surface area contributed by atoms with Crippen LogP contribution in [0.5, 0.6) is 0 Å². The van der Waals surface area contributed by atoms with Crippen LogP contribution in [0.4, 0.5) is 5.82 Å². The van der Waals surface area contributed by atoms with Crippen molar-refractivity contribution in [2.24, 2.45) is 11.8 Å². The van der Waals surface area contributed by atoms with Gasteiger partial charge in [-0.15, -0.1) is 0 Å². The molecule has 5 rings (SSSR count). The summed E-state index contributed by atoms with van der Waals surface area (Å²) in [5.74, 6) is 2.63. The largest absolute Gasteiger partial charge is 0.356 e. The zero-order valence-electron chi connectivity index (χ0n) is 14.1. The van der Waals surface area contributed by atoms with Gasteiger partial charge in [0.2, 0.25) is 0 Å². The molecule has 2 aliphatic rings. The Bertz CT molecular complexity index is 893. The quantitative estimate of drug-likeness (QED) is 0.743. The molecular weight excluding hydrogens is 332 g/mol. The van der Waals surface area contributed by atoms with E-state index in [0.717, 1.165) is 37.8 Å². The first-order valence-corrected chi connectivity index (χ1v) is 8.63. The van der Waals surface area contributed by atoms with Crippen molar-refractivity contribution in [2.45, 2.75) is 0 Å². The number of rotatable bonds is 3. The molecule has 3 aromatic heterocycles. The minimum atomic E-state index is 0.0338. The van der Waals surface area contributed by atoms with Crippen LogP contribution in [0.1, 0.15) is 10.5 Å². The average Bonchev–Trinajstić information content (AvgIpc) is 3.45. The van der Waals surface area contributed by atoms with Crippen molar-refractivity contribution in [1.29, 1.82) is 0 Å². The van der Waals surface area contributed by atoms with Crippen molar-refractivity contribution in [3.05, 3.63) is 48.8 Å². The standard InChI is InChI=1S/C17H18N8O/c26-17(14-2-4-20-22-14)24-9-12-7-23(8-13(12)10-24)15-6-16(19-11-18-15)25-5-1-3-21-25/h1-6,11-13H,7-10H2,(H,20,22). The number of H-pyrrole nitrogens is 1. The van der Waals surface area contributed by atoms with E-state index in [1.54, 1.807) is 29.5 Å². The Kier molecular flexibility index (Phi) is 3.44. The number of anilines is 1. The van der Waals surface area contributed by atoms with E-state index in [2.05, 4.69) is 30.2 Å². The molecule has 0 aliphatic carbocycles. The summed E-state index contributed by atoms with van der Waals surface area (Å²) in [6.07, 6.45) is 6.78. The number of carbonyl (C=O) groups is 1. The van der Waals surface area contributed by atoms with Gasteiger partial charge in [0.25, 0.3) is 5.91 Å². The molecule has 1 amide bonds. The topological polar surface area (TPSA) is 95.8 Å². The molecule has 3 aromatic rings. The van der Waals surface area contributed by atoms with E-state index in [1.165, 1.54) is 0 Å². The molecule has 2 fully saturated rings. The first kappa shape index (κ1) is 15.1. The molecule has 0 aromatic carbocycles. The van der Waals surface area contributed by atoms with Gasteiger partial charge in [0.15, 0.2) is 5.82 Å². The van der Waals surface area contributed by atoms with Gasteiger partial charge in [-0.1, -0.05) is 0 Å². The summed E-state index contributed by atoms with van der Waals surface area (Å²) in [5, 5.41) is 10.8. The maximum absolute atomic E-state index is 12.5. The second kappa shape index (κ2) is 5.94. The molecule has 5 heterocycles. The molecule has 0 saturated carbocycles. The summed E-state index contributed by atoms with van der Waals surface area (Å²) in [7, 11) is 0. The number of nitrogens with one attached hydrogen (secondary N) is 1. The molecule has 26 heavy (non-hydrogen) atoms. The van der Waals surface area contributed by atoms with Gasteiger partial charge in [-0.05, 0) is 12.1 Å². The van der Waals surface area contributed by atoms with Crippen LogP contribution < -0.4 is 4.90 Å². The lowest BCUT2D eigenvalue weighted by molar-refractivity contribution is 0.0776. The van der Waals surface area contributed by atoms with Crippen molar-refractivity contribution in [2.75, 3.05) is 31.1 Å². The third-order valence-electron chi connectivity index (χ3n) is 5.21. The van der Waals surface area contributed by atoms with Crippen molar-refractivity contribution in [3.63, 3.8) is 0 Å². The molecule has 1 N–H and O–H groups in total. The van der Waals surface area contributed by atoms with Crippen LogP contribution in [0, 0.1) is 11.8 Å². The molecule has 2 saturated heterocycles. The SMILES string of the molecule is O=C(c1ccn[nH]1)N1CC2CN(c3cc(-n4cccn4)ncn3)CC2C1. The van der Waals surface area contributed by atoms with E-state index in [0.29, 0.717) is 17.5 Å². The Morgan fingerprint density at radius 2 is 1.88 bits per heavy atom. The van der Waals surface area contributed by atoms with E-state index in [-0.39, 0.29) is 5.91 Å². The van der Waals surface area contributed by atoms with E-state index in [4.69, 9.17) is 0 Å². The number of likely N-dealkylation sites (tertiary alicyclic amines) is 1. The van der Waals surface area contributed by atoms with Crippen LogP contribution in [0.3, 0.4) is 0 Å². The number of nitrogens with zero attached hydrogens (tertiary/aromatic N) is 7. The van der Waals surface area contributed by atoms with Gasteiger partial charge in [-0.25, -0.2) is 14.6 Å². The molecular formula is C17H18N8O. The summed E-state index contributed by atoms with van der Waals surface area (Å²) in [4.78, 5) is 25.4. The van der Waals surface area contributed by atoms with Gasteiger partial charge in [-0.3, -0.25) is 9.89 Å². The average molecular weight is 350 g/mol. The fourth-order valence-corrected chi connectivity index (χ4v) is 3.93. The van der Waals surface area contributed by atoms with E-state index in [9.17, 15) is 4.79 Å². The van der Waals surface area contributed by atoms with Crippen LogP contribution in [-0.4, -0.2) is 66.9 Å². The van der Waals surface area contributed by atoms with Gasteiger partial charge in [0.05, 0.1) is 0 Å². The first-order chi connectivity index (χ1) is 12.8. The highest BCUT2D eigenvalue weighted by Crippen LogP contribution is 2.34. The number of fused-ring (bicyclic) bond motifs is 1. The molecule has 9 nitrogen and oxygen atoms in total. The second-order valence-electron chi connectivity index (χ2n) is 6.79. The fraction of sp³-hybridized carbons (Fsp3) is 0.353. The lowest BCUT2D eigenvalue weighted by atomic mass is 10.0. The Labute approximate surface area is 149 Å². The monoisotopic (exact) mass is 350 g/mol. The van der Waals surface area contributed by atoms with Crippen molar-refractivity contribution < 1.29 is 4.79 Å². The number of aromatic amines is 1. The van der Waals surface area contributed by atoms with Crippen molar-refractivity contribution >= 4 is 11.7 Å². The number of carbonyl (C=O) groups excluding carboxylic acids is 1. The molecule has 2 unspecified atom stereocenters. The highest BCUT2D eigenvalue weighted by molar-refractivity contribution is 5.92. The normalized spacial score (nSPS) is 22.0. The highest BCUT2D eigenvalue weighted by Gasteiger charge is 2.42. The first-order valence-electron chi connectivity index (χ1n) is 8.63. The van der Waals surface area contributed by atoms with Crippen LogP contribution in [0.15, 0.2) is 43.1 Å². The van der Waals surface area contributed by atoms with Gasteiger partial charge >= 0.3 is 0 Å². The second-order valence-corrected chi connectivity index (χ2v) is 6.79. The molecule has 2 atom stereocenters. The van der Waals surface area contributed by atoms with Crippen LogP contribution >= 0.6 is 0 Å². The Balaban J connectivity index is 1.28. The molecule has 0 radical (unpaired) electrons. The lowest BCUT2D eigenvalue weighted by Crippen LogP contribution is -2.33. The summed E-state index contributed by atoms with van der Waals surface area (Å²) in [6.45, 7) is 3.34. The maximum Gasteiger partial charge on any atom is 0.271 e. The van der Waals surface area contributed by atoms with Gasteiger partial charge in [0, 0.05) is 62.7 Å². The zero-order valence-corrected chi connectivity index (χ0v) is 14.1. The Morgan fingerprint density at radius 1 is 1.08 bits per heavy atom. The smallest absolute Gasteiger partial charge is 0.271 e. The van der Waals surface area contributed by atoms with Crippen LogP contribution in [-0.2, 0) is 0 Å². The van der Waals surface area contributed by atoms with Crippen molar-refractivity contribution in [3.8, 4) is 5.82 Å². The fourth-order valence-electron chi connectivity index (χ4n) is 3.93. The zero-order chi connectivity index (χ0) is 17.5. The summed E-state index contributed by atoms with van der Waals surface area (Å²) < 4.78 is 1.73. The van der Waals surface area contributed by atoms with Gasteiger partial charge in [0.1, 0.15) is 17.8 Å². The van der Waals surface area contributed by atoms with Gasteiger partial charge in [-0.2, -0.15) is 10.2 Å². The number of hydrogen-bond acceptors (Lipinski definition) is 6. The predicted octanol–water partition coefficient (Wildman–Crippen LogP) is 0.594. The number of aromatic nitrogens is 6. The summed E-state index contributed by atoms with van der Waals surface area (Å²) >= 11 is 0. The minimum Gasteiger partial charge on any atom is -0.356 e. The van der Waals surface area contributed by atoms with Crippen LogP contribution in [0.2, 0.25) is 0 Å². The molecule has 132 valence electrons. The Morgan fingerprint density at radius 3 is 2.58 bits per heavy atom. The van der Waals surface area contributed by atoms with E-state index < -0.39 is 0 Å². The molecule has 0 bridgehead atoms. The lowest BCUT2D eigenvalue weighted by Gasteiger charge is -2.22. The molecule has 9 heteroatoms. The third-order valence-corrected chi connectivity index (χ3v) is 5.21. The Hall–Kier alpha value is -3.23. The van der Waals surface area contributed by atoms with Crippen LogP contribution in [0.25, 0.3) is 5.82 Å². The number of amides is 1. The third kappa shape index (κ3) is 2.52. The molecule has 2 aliphatic heterocycles. The van der Waals surface area contributed by atoms with E-state index in [1.807, 2.05) is 23.2 Å². The number of hydrogen-bond donors (Lipinski definition) is 1. The van der Waals surface area contributed by atoms with Crippen molar-refractivity contribution in [1.82, 2.24) is 34.8 Å². The molecule has 0 spiro atoms. The minimum absolute atomic E-state index is 0.0338. The highest BCUT2D eigenvalue weighted by atomic mass is 16.2. The van der Waals surface area contributed by atoms with E-state index >= 15 is 0 Å².